The van der Waals surface area contributed by atoms with Gasteiger partial charge >= 0.3 is 0 Å². The molecule has 1 heterocycles. The monoisotopic (exact) mass is 380 g/mol. The normalized spacial score (nSPS) is 14.7. The molecule has 2 rings (SSSR count). The molecule has 1 aliphatic heterocycles. The predicted octanol–water partition coefficient (Wildman–Crippen LogP) is 3.44. The summed E-state index contributed by atoms with van der Waals surface area (Å²) in [5.74, 6) is 6.11. The number of unbranched alkanes of at least 4 members (excludes halogenated alkanes) is 3. The smallest absolute Gasteiger partial charge is 0.229 e. The Bertz CT molecular complexity index is 732. The fraction of sp³-hybridized carbons (Fsp3) is 0.526. The zero-order chi connectivity index (χ0) is 18.1. The van der Waals surface area contributed by atoms with Crippen LogP contribution in [0.5, 0.6) is 0 Å². The summed E-state index contributed by atoms with van der Waals surface area (Å²) in [6.07, 6.45) is 4.58. The van der Waals surface area contributed by atoms with Crippen LogP contribution in [0.1, 0.15) is 39.0 Å². The van der Waals surface area contributed by atoms with Crippen LogP contribution in [0.4, 0.5) is 5.69 Å². The lowest BCUT2D eigenvalue weighted by Gasteiger charge is -2.35. The summed E-state index contributed by atoms with van der Waals surface area (Å²) in [4.78, 5) is 4.60. The quantitative estimate of drug-likeness (QED) is 0.445. The van der Waals surface area contributed by atoms with Gasteiger partial charge in [-0.05, 0) is 30.7 Å². The van der Waals surface area contributed by atoms with E-state index in [0.29, 0.717) is 24.5 Å². The molecule has 0 spiro atoms. The SMILES string of the molecule is CCCCCC#CCC(N1CCN(c2ccc(Cl)cc2)CC1)=S(=O)=O. The molecule has 6 heteroatoms. The van der Waals surface area contributed by atoms with Gasteiger partial charge in [-0.2, -0.15) is 8.42 Å². The topological polar surface area (TPSA) is 40.6 Å². The van der Waals surface area contributed by atoms with Crippen LogP contribution < -0.4 is 4.90 Å². The lowest BCUT2D eigenvalue weighted by Crippen LogP contribution is -2.49. The molecule has 1 fully saturated rings. The van der Waals surface area contributed by atoms with Crippen molar-refractivity contribution < 1.29 is 8.42 Å². The second-order valence-corrected chi connectivity index (χ2v) is 7.44. The second kappa shape index (κ2) is 10.5. The van der Waals surface area contributed by atoms with Gasteiger partial charge in [-0.1, -0.05) is 37.3 Å². The van der Waals surface area contributed by atoms with E-state index in [1.54, 1.807) is 0 Å². The Morgan fingerprint density at radius 1 is 1.08 bits per heavy atom. The number of nitrogens with zero attached hydrogens (tertiary/aromatic N) is 2. The van der Waals surface area contributed by atoms with Crippen molar-refractivity contribution in [2.24, 2.45) is 0 Å². The van der Waals surface area contributed by atoms with Gasteiger partial charge in [0.15, 0.2) is 0 Å². The fourth-order valence-corrected chi connectivity index (χ4v) is 3.54. The van der Waals surface area contributed by atoms with Crippen molar-refractivity contribution in [1.29, 1.82) is 0 Å². The molecule has 25 heavy (non-hydrogen) atoms. The number of benzene rings is 1. The minimum Gasteiger partial charge on any atom is -0.369 e. The van der Waals surface area contributed by atoms with Crippen molar-refractivity contribution in [1.82, 2.24) is 4.90 Å². The summed E-state index contributed by atoms with van der Waals surface area (Å²) < 4.78 is 23.2. The molecular formula is C19H25ClN2O2S. The number of hydrogen-bond acceptors (Lipinski definition) is 3. The van der Waals surface area contributed by atoms with E-state index in [0.717, 1.165) is 36.6 Å². The first-order valence-corrected chi connectivity index (χ1v) is 10.2. The molecule has 136 valence electrons. The average molecular weight is 381 g/mol. The molecule has 0 aromatic heterocycles. The van der Waals surface area contributed by atoms with Gasteiger partial charge in [0.05, 0.1) is 6.42 Å². The zero-order valence-electron chi connectivity index (χ0n) is 14.7. The number of halogens is 1. The second-order valence-electron chi connectivity index (χ2n) is 6.07. The summed E-state index contributed by atoms with van der Waals surface area (Å²) in [5, 5.41) is 0.720. The molecule has 1 aliphatic rings. The predicted molar refractivity (Wildman–Crippen MR) is 106 cm³/mol. The van der Waals surface area contributed by atoms with Crippen molar-refractivity contribution >= 4 is 32.6 Å². The van der Waals surface area contributed by atoms with E-state index in [-0.39, 0.29) is 0 Å². The van der Waals surface area contributed by atoms with E-state index in [1.807, 2.05) is 29.2 Å². The number of piperazine rings is 1. The van der Waals surface area contributed by atoms with E-state index >= 15 is 0 Å². The molecular weight excluding hydrogens is 356 g/mol. The van der Waals surface area contributed by atoms with E-state index < -0.39 is 10.3 Å². The molecule has 4 nitrogen and oxygen atoms in total. The van der Waals surface area contributed by atoms with Gasteiger partial charge in [-0.25, -0.2) is 0 Å². The Hall–Kier alpha value is -1.48. The Labute approximate surface area is 157 Å². The highest BCUT2D eigenvalue weighted by atomic mass is 35.5. The van der Waals surface area contributed by atoms with E-state index in [9.17, 15) is 8.42 Å². The first-order chi connectivity index (χ1) is 12.1. The largest absolute Gasteiger partial charge is 0.369 e. The third-order valence-corrected chi connectivity index (χ3v) is 5.33. The Balaban J connectivity index is 1.90. The van der Waals surface area contributed by atoms with Crippen LogP contribution in [0.2, 0.25) is 5.02 Å². The van der Waals surface area contributed by atoms with Crippen molar-refractivity contribution in [3.8, 4) is 11.8 Å². The standard InChI is InChI=1S/C19H25ClN2O2S/c1-2-3-4-5-6-7-8-19(25(23)24)22-15-13-21(14-16-22)18-11-9-17(20)10-12-18/h9-12H,2-5,8,13-16H2,1H3. The highest BCUT2D eigenvalue weighted by molar-refractivity contribution is 7.72. The third-order valence-electron chi connectivity index (χ3n) is 4.29. The van der Waals surface area contributed by atoms with E-state index in [4.69, 9.17) is 11.6 Å². The van der Waals surface area contributed by atoms with Gasteiger partial charge in [-0.3, -0.25) is 4.90 Å². The van der Waals surface area contributed by atoms with Crippen LogP contribution in [-0.2, 0) is 10.3 Å². The molecule has 1 aromatic carbocycles. The number of hydrogen-bond donors (Lipinski definition) is 0. The molecule has 0 amide bonds. The summed E-state index contributed by atoms with van der Waals surface area (Å²) in [5.41, 5.74) is 1.12. The first kappa shape index (κ1) is 19.8. The molecule has 0 unspecified atom stereocenters. The van der Waals surface area contributed by atoms with Crippen LogP contribution in [-0.4, -0.2) is 44.5 Å². The van der Waals surface area contributed by atoms with Crippen molar-refractivity contribution in [2.45, 2.75) is 39.0 Å². The zero-order valence-corrected chi connectivity index (χ0v) is 16.2. The molecule has 0 aliphatic carbocycles. The van der Waals surface area contributed by atoms with Crippen LogP contribution in [0.25, 0.3) is 0 Å². The van der Waals surface area contributed by atoms with Crippen LogP contribution in [0.15, 0.2) is 24.3 Å². The summed E-state index contributed by atoms with van der Waals surface area (Å²) >= 11 is 5.93. The highest BCUT2D eigenvalue weighted by Crippen LogP contribution is 2.19. The Morgan fingerprint density at radius 3 is 2.36 bits per heavy atom. The lowest BCUT2D eigenvalue weighted by atomic mass is 10.2. The van der Waals surface area contributed by atoms with E-state index in [2.05, 4.69) is 23.7 Å². The number of rotatable bonds is 5. The third kappa shape index (κ3) is 6.39. The van der Waals surface area contributed by atoms with Gasteiger partial charge in [0.2, 0.25) is 10.3 Å². The van der Waals surface area contributed by atoms with Gasteiger partial charge in [0.25, 0.3) is 0 Å². The van der Waals surface area contributed by atoms with Crippen molar-refractivity contribution in [3.05, 3.63) is 29.3 Å². The van der Waals surface area contributed by atoms with Crippen LogP contribution in [0, 0.1) is 11.8 Å². The van der Waals surface area contributed by atoms with E-state index in [1.165, 1.54) is 12.8 Å². The van der Waals surface area contributed by atoms with Gasteiger partial charge in [0.1, 0.15) is 4.99 Å². The van der Waals surface area contributed by atoms with Gasteiger partial charge in [0, 0.05) is 43.3 Å². The molecule has 1 saturated heterocycles. The maximum atomic E-state index is 11.6. The fourth-order valence-electron chi connectivity index (χ4n) is 2.83. The summed E-state index contributed by atoms with van der Waals surface area (Å²) in [6, 6.07) is 7.75. The molecule has 1 aromatic rings. The van der Waals surface area contributed by atoms with Crippen LogP contribution in [0.3, 0.4) is 0 Å². The van der Waals surface area contributed by atoms with Gasteiger partial charge in [-0.15, -0.1) is 5.92 Å². The maximum Gasteiger partial charge on any atom is 0.229 e. The average Bonchev–Trinajstić information content (AvgIpc) is 2.62. The Kier molecular flexibility index (Phi) is 8.33. The summed E-state index contributed by atoms with van der Waals surface area (Å²) in [6.45, 7) is 5.09. The van der Waals surface area contributed by atoms with Crippen LogP contribution >= 0.6 is 11.6 Å². The van der Waals surface area contributed by atoms with Crippen molar-refractivity contribution in [2.75, 3.05) is 31.1 Å². The molecule has 0 radical (unpaired) electrons. The minimum atomic E-state index is -2.21. The minimum absolute atomic E-state index is 0.309. The maximum absolute atomic E-state index is 11.6. The highest BCUT2D eigenvalue weighted by Gasteiger charge is 2.21. The molecule has 0 atom stereocenters. The molecule has 0 bridgehead atoms. The lowest BCUT2D eigenvalue weighted by molar-refractivity contribution is 0.387. The summed E-state index contributed by atoms with van der Waals surface area (Å²) in [7, 11) is -2.21. The number of anilines is 1. The Morgan fingerprint density at radius 2 is 1.76 bits per heavy atom. The first-order valence-electron chi connectivity index (χ1n) is 8.78. The molecule has 0 saturated carbocycles. The molecule has 0 N–H and O–H groups in total. The van der Waals surface area contributed by atoms with Gasteiger partial charge < -0.3 is 4.90 Å². The van der Waals surface area contributed by atoms with Crippen molar-refractivity contribution in [3.63, 3.8) is 0 Å².